The molecule has 0 aromatic carbocycles. The van der Waals surface area contributed by atoms with Crippen LogP contribution in [0.3, 0.4) is 0 Å². The zero-order chi connectivity index (χ0) is 16.7. The van der Waals surface area contributed by atoms with E-state index in [0.29, 0.717) is 25.0 Å². The number of morpholine rings is 1. The lowest BCUT2D eigenvalue weighted by Crippen LogP contribution is -2.45. The molecule has 0 spiro atoms. The summed E-state index contributed by atoms with van der Waals surface area (Å²) in [5.74, 6) is 3.82. The van der Waals surface area contributed by atoms with Crippen LogP contribution in [-0.2, 0) is 11.3 Å². The van der Waals surface area contributed by atoms with Crippen molar-refractivity contribution >= 4 is 0 Å². The van der Waals surface area contributed by atoms with Crippen LogP contribution in [0.4, 0.5) is 0 Å². The summed E-state index contributed by atoms with van der Waals surface area (Å²) in [7, 11) is 0. The van der Waals surface area contributed by atoms with Crippen molar-refractivity contribution in [3.63, 3.8) is 0 Å². The normalized spacial score (nSPS) is 23.5. The zero-order valence-electron chi connectivity index (χ0n) is 14.5. The van der Waals surface area contributed by atoms with E-state index in [1.807, 2.05) is 18.5 Å². The van der Waals surface area contributed by atoms with Gasteiger partial charge in [-0.2, -0.15) is 10.1 Å². The average Bonchev–Trinajstić information content (AvgIpc) is 3.22. The number of aromatic nitrogens is 5. The van der Waals surface area contributed by atoms with E-state index in [2.05, 4.69) is 32.0 Å². The van der Waals surface area contributed by atoms with E-state index >= 15 is 0 Å². The Balaban J connectivity index is 1.40. The van der Waals surface area contributed by atoms with Crippen LogP contribution in [0.25, 0.3) is 0 Å². The second-order valence-electron chi connectivity index (χ2n) is 6.82. The Morgan fingerprint density at radius 2 is 2.08 bits per heavy atom. The van der Waals surface area contributed by atoms with E-state index in [1.165, 1.54) is 12.8 Å². The molecule has 1 aliphatic heterocycles. The smallest absolute Gasteiger partial charge is 0.243 e. The molecular weight excluding hydrogens is 308 g/mol. The molecule has 8 heteroatoms. The quantitative estimate of drug-likeness (QED) is 0.822. The summed E-state index contributed by atoms with van der Waals surface area (Å²) in [4.78, 5) is 11.3. The minimum absolute atomic E-state index is 0.0897. The molecule has 0 unspecified atom stereocenters. The molecule has 2 aromatic heterocycles. The molecule has 2 fully saturated rings. The Morgan fingerprint density at radius 3 is 2.79 bits per heavy atom. The fourth-order valence-electron chi connectivity index (χ4n) is 3.21. The molecule has 0 amide bonds. The highest BCUT2D eigenvalue weighted by Gasteiger charge is 2.32. The summed E-state index contributed by atoms with van der Waals surface area (Å²) in [5.41, 5.74) is 0. The third-order valence-corrected chi connectivity index (χ3v) is 4.81. The van der Waals surface area contributed by atoms with Crippen molar-refractivity contribution in [3.8, 4) is 0 Å². The molecule has 1 saturated heterocycles. The SMILES string of the molecule is Cc1nc(C)n(C[C@H]2CN([C@H](C)c3nc(C4CC4)no3)CCO2)n1. The molecule has 8 nitrogen and oxygen atoms in total. The molecule has 2 aromatic rings. The van der Waals surface area contributed by atoms with Gasteiger partial charge in [-0.3, -0.25) is 4.90 Å². The fourth-order valence-corrected chi connectivity index (χ4v) is 3.21. The van der Waals surface area contributed by atoms with Crippen molar-refractivity contribution in [3.05, 3.63) is 23.4 Å². The van der Waals surface area contributed by atoms with Crippen molar-refractivity contribution in [1.29, 1.82) is 0 Å². The van der Waals surface area contributed by atoms with Gasteiger partial charge in [0.2, 0.25) is 5.89 Å². The highest BCUT2D eigenvalue weighted by Crippen LogP contribution is 2.38. The molecule has 0 radical (unpaired) electrons. The first kappa shape index (κ1) is 15.7. The summed E-state index contributed by atoms with van der Waals surface area (Å²) in [5, 5.41) is 8.56. The standard InChI is InChI=1S/C16H24N6O2/c1-10(16-18-15(20-24-16)13-4-5-13)21-6-7-23-14(8-21)9-22-12(3)17-11(2)19-22/h10,13-14H,4-9H2,1-3H3/t10-,14-/m1/s1. The first-order chi connectivity index (χ1) is 11.6. The van der Waals surface area contributed by atoms with E-state index in [0.717, 1.165) is 30.6 Å². The second-order valence-corrected chi connectivity index (χ2v) is 6.82. The molecule has 1 aliphatic carbocycles. The summed E-state index contributed by atoms with van der Waals surface area (Å²) in [6.07, 6.45) is 2.46. The topological polar surface area (TPSA) is 82.1 Å². The summed E-state index contributed by atoms with van der Waals surface area (Å²) in [6.45, 7) is 9.11. The van der Waals surface area contributed by atoms with Gasteiger partial charge in [0.05, 0.1) is 25.3 Å². The first-order valence-corrected chi connectivity index (χ1v) is 8.67. The Morgan fingerprint density at radius 1 is 1.25 bits per heavy atom. The lowest BCUT2D eigenvalue weighted by molar-refractivity contribution is -0.0535. The van der Waals surface area contributed by atoms with Crippen LogP contribution >= 0.6 is 0 Å². The van der Waals surface area contributed by atoms with Gasteiger partial charge in [-0.15, -0.1) is 0 Å². The van der Waals surface area contributed by atoms with Gasteiger partial charge in [-0.25, -0.2) is 9.67 Å². The average molecular weight is 332 g/mol. The predicted molar refractivity (Wildman–Crippen MR) is 85.5 cm³/mol. The Hall–Kier alpha value is -1.80. The molecule has 3 heterocycles. The monoisotopic (exact) mass is 332 g/mol. The highest BCUT2D eigenvalue weighted by molar-refractivity contribution is 5.05. The lowest BCUT2D eigenvalue weighted by Gasteiger charge is -2.35. The summed E-state index contributed by atoms with van der Waals surface area (Å²) < 4.78 is 13.3. The molecule has 2 aliphatic rings. The van der Waals surface area contributed by atoms with Gasteiger partial charge in [0, 0.05) is 19.0 Å². The van der Waals surface area contributed by atoms with Gasteiger partial charge >= 0.3 is 0 Å². The van der Waals surface area contributed by atoms with Crippen molar-refractivity contribution in [2.75, 3.05) is 19.7 Å². The maximum atomic E-state index is 5.92. The van der Waals surface area contributed by atoms with E-state index < -0.39 is 0 Å². The molecule has 2 atom stereocenters. The van der Waals surface area contributed by atoms with Crippen LogP contribution in [0.5, 0.6) is 0 Å². The van der Waals surface area contributed by atoms with Gasteiger partial charge in [-0.1, -0.05) is 5.16 Å². The van der Waals surface area contributed by atoms with Gasteiger partial charge in [-0.05, 0) is 33.6 Å². The predicted octanol–water partition coefficient (Wildman–Crippen LogP) is 1.62. The van der Waals surface area contributed by atoms with Crippen LogP contribution in [0.2, 0.25) is 0 Å². The molecule has 0 N–H and O–H groups in total. The Labute approximate surface area is 141 Å². The molecular formula is C16H24N6O2. The molecule has 1 saturated carbocycles. The molecule has 4 rings (SSSR count). The van der Waals surface area contributed by atoms with E-state index in [4.69, 9.17) is 9.26 Å². The lowest BCUT2D eigenvalue weighted by atomic mass is 10.2. The number of hydrogen-bond acceptors (Lipinski definition) is 7. The number of aryl methyl sites for hydroxylation is 2. The van der Waals surface area contributed by atoms with Gasteiger partial charge in [0.25, 0.3) is 0 Å². The van der Waals surface area contributed by atoms with Crippen molar-refractivity contribution in [2.45, 2.75) is 58.2 Å². The zero-order valence-corrected chi connectivity index (χ0v) is 14.5. The number of rotatable bonds is 5. The van der Waals surface area contributed by atoms with Gasteiger partial charge < -0.3 is 9.26 Å². The second kappa shape index (κ2) is 6.25. The highest BCUT2D eigenvalue weighted by atomic mass is 16.5. The summed E-state index contributed by atoms with van der Waals surface area (Å²) in [6, 6.07) is 0.106. The van der Waals surface area contributed by atoms with Crippen molar-refractivity contribution in [2.24, 2.45) is 0 Å². The van der Waals surface area contributed by atoms with Gasteiger partial charge in [0.15, 0.2) is 5.82 Å². The van der Waals surface area contributed by atoms with Crippen LogP contribution in [-0.4, -0.2) is 55.6 Å². The fraction of sp³-hybridized carbons (Fsp3) is 0.750. The molecule has 0 bridgehead atoms. The van der Waals surface area contributed by atoms with Crippen LogP contribution in [0.1, 0.15) is 55.1 Å². The van der Waals surface area contributed by atoms with Crippen LogP contribution in [0, 0.1) is 13.8 Å². The number of nitrogens with zero attached hydrogens (tertiary/aromatic N) is 6. The van der Waals surface area contributed by atoms with Crippen LogP contribution < -0.4 is 0 Å². The van der Waals surface area contributed by atoms with Crippen molar-refractivity contribution < 1.29 is 9.26 Å². The van der Waals surface area contributed by atoms with Crippen LogP contribution in [0.15, 0.2) is 4.52 Å². The third kappa shape index (κ3) is 3.21. The Kier molecular flexibility index (Phi) is 4.09. The molecule has 24 heavy (non-hydrogen) atoms. The Bertz CT molecular complexity index is 707. The third-order valence-electron chi connectivity index (χ3n) is 4.81. The largest absolute Gasteiger partial charge is 0.374 e. The maximum absolute atomic E-state index is 5.92. The maximum Gasteiger partial charge on any atom is 0.243 e. The van der Waals surface area contributed by atoms with E-state index in [9.17, 15) is 0 Å². The number of ether oxygens (including phenoxy) is 1. The van der Waals surface area contributed by atoms with Crippen molar-refractivity contribution in [1.82, 2.24) is 29.8 Å². The summed E-state index contributed by atoms with van der Waals surface area (Å²) >= 11 is 0. The first-order valence-electron chi connectivity index (χ1n) is 8.67. The molecule has 130 valence electrons. The minimum atomic E-state index is 0.0897. The van der Waals surface area contributed by atoms with Gasteiger partial charge in [0.1, 0.15) is 11.6 Å². The minimum Gasteiger partial charge on any atom is -0.374 e. The van der Waals surface area contributed by atoms with E-state index in [-0.39, 0.29) is 12.1 Å². The number of hydrogen-bond donors (Lipinski definition) is 0. The van der Waals surface area contributed by atoms with E-state index in [1.54, 1.807) is 0 Å².